The van der Waals surface area contributed by atoms with Crippen LogP contribution in [0.1, 0.15) is 15.1 Å². The summed E-state index contributed by atoms with van der Waals surface area (Å²) in [5, 5.41) is 2.97. The van der Waals surface area contributed by atoms with Gasteiger partial charge >= 0.3 is 0 Å². The van der Waals surface area contributed by atoms with Gasteiger partial charge in [0.05, 0.1) is 37.1 Å². The van der Waals surface area contributed by atoms with E-state index in [1.807, 2.05) is 83.4 Å². The minimum Gasteiger partial charge on any atom is -0.309 e. The molecule has 7 aromatic carbocycles. The average molecular weight is 572 g/mol. The monoisotopic (exact) mass is 571 g/mol. The number of hydrogen-bond donors (Lipinski definition) is 0. The predicted octanol–water partition coefficient (Wildman–Crippen LogP) is 11.2. The molecule has 2 aromatic heterocycles. The van der Waals surface area contributed by atoms with E-state index in [4.69, 9.17) is 13.7 Å². The molecule has 0 radical (unpaired) electrons. The zero-order valence-corrected chi connectivity index (χ0v) is 23.2. The van der Waals surface area contributed by atoms with E-state index in [1.54, 1.807) is 12.1 Å². The zero-order valence-electron chi connectivity index (χ0n) is 34.2. The molecule has 2 nitrogen and oxygen atoms in total. The largest absolute Gasteiger partial charge is 0.309 e. The lowest BCUT2D eigenvalue weighted by molar-refractivity contribution is 1.17. The van der Waals surface area contributed by atoms with Crippen molar-refractivity contribution >= 4 is 43.6 Å². The Bertz CT molecular complexity index is 3100. The summed E-state index contributed by atoms with van der Waals surface area (Å²) >= 11 is 0. The van der Waals surface area contributed by atoms with Gasteiger partial charge in [-0.1, -0.05) is 115 Å². The molecule has 9 rings (SSSR count). The lowest BCUT2D eigenvalue weighted by atomic mass is 9.99. The average Bonchev–Trinajstić information content (AvgIpc) is 3.70. The van der Waals surface area contributed by atoms with Gasteiger partial charge in [0.15, 0.2) is 0 Å². The highest BCUT2D eigenvalue weighted by atomic mass is 15.0. The molecule has 2 heterocycles. The standard InChI is InChI=1S/C42H28N2/c1-2-12-29(13-3-1)30-14-10-15-31(26-30)32-16-11-17-33(27-32)43-41-23-9-6-20-37(41)38-28-34(24-25-42(38)43)44-39-21-7-4-18-35(39)36-19-5-8-22-40(36)44/h1-28H/i1D,4D,7D,10D,12D,13D,14D,15D,18D,21D,26D. The maximum atomic E-state index is 9.22. The third-order valence-electron chi connectivity index (χ3n) is 8.09. The topological polar surface area (TPSA) is 9.86 Å². The maximum Gasteiger partial charge on any atom is 0.0645 e. The van der Waals surface area contributed by atoms with E-state index in [9.17, 15) is 1.37 Å². The number of benzene rings is 7. The summed E-state index contributed by atoms with van der Waals surface area (Å²) in [5.41, 5.74) is 4.64. The Morgan fingerprint density at radius 2 is 1.02 bits per heavy atom. The first kappa shape index (κ1) is 16.1. The first-order valence-corrected chi connectivity index (χ1v) is 14.2. The number of fused-ring (bicyclic) bond motifs is 6. The third-order valence-corrected chi connectivity index (χ3v) is 8.09. The number of aromatic nitrogens is 2. The fourth-order valence-electron chi connectivity index (χ4n) is 6.18. The van der Waals surface area contributed by atoms with E-state index in [0.717, 1.165) is 32.7 Å². The smallest absolute Gasteiger partial charge is 0.0645 e. The van der Waals surface area contributed by atoms with Crippen LogP contribution in [0.3, 0.4) is 0 Å². The van der Waals surface area contributed by atoms with Crippen LogP contribution in [0, 0.1) is 0 Å². The van der Waals surface area contributed by atoms with Crippen LogP contribution in [0.4, 0.5) is 0 Å². The van der Waals surface area contributed by atoms with E-state index >= 15 is 0 Å². The van der Waals surface area contributed by atoms with E-state index in [0.29, 0.717) is 27.8 Å². The fourth-order valence-corrected chi connectivity index (χ4v) is 6.18. The highest BCUT2D eigenvalue weighted by molar-refractivity contribution is 6.12. The van der Waals surface area contributed by atoms with Gasteiger partial charge in [-0.25, -0.2) is 0 Å². The Labute approximate surface area is 271 Å². The molecule has 9 aromatic rings. The van der Waals surface area contributed by atoms with Crippen LogP contribution >= 0.6 is 0 Å². The fraction of sp³-hybridized carbons (Fsp3) is 0. The highest BCUT2D eigenvalue weighted by Gasteiger charge is 2.16. The molecule has 0 N–H and O–H groups in total. The minimum atomic E-state index is -0.431. The summed E-state index contributed by atoms with van der Waals surface area (Å²) < 4.78 is 98.8. The zero-order chi connectivity index (χ0) is 38.6. The van der Waals surface area contributed by atoms with Crippen LogP contribution in [0.15, 0.2) is 170 Å². The van der Waals surface area contributed by atoms with Crippen LogP contribution in [0.2, 0.25) is 0 Å². The summed E-state index contributed by atoms with van der Waals surface area (Å²) in [7, 11) is 0. The van der Waals surface area contributed by atoms with Crippen LogP contribution in [-0.2, 0) is 0 Å². The molecular formula is C42H28N2. The maximum absolute atomic E-state index is 9.22. The molecule has 0 amide bonds. The molecule has 2 heteroatoms. The molecule has 0 saturated heterocycles. The summed E-state index contributed by atoms with van der Waals surface area (Å²) in [4.78, 5) is 0. The Kier molecular flexibility index (Phi) is 3.61. The van der Waals surface area contributed by atoms with Gasteiger partial charge in [0.25, 0.3) is 0 Å². The van der Waals surface area contributed by atoms with Crippen molar-refractivity contribution in [1.82, 2.24) is 9.13 Å². The van der Waals surface area contributed by atoms with Gasteiger partial charge in [-0.3, -0.25) is 0 Å². The van der Waals surface area contributed by atoms with Crippen molar-refractivity contribution in [2.45, 2.75) is 0 Å². The van der Waals surface area contributed by atoms with E-state index in [1.165, 1.54) is 12.1 Å². The second-order valence-electron chi connectivity index (χ2n) is 10.5. The van der Waals surface area contributed by atoms with Gasteiger partial charge in [-0.15, -0.1) is 0 Å². The van der Waals surface area contributed by atoms with Gasteiger partial charge in [0.1, 0.15) is 0 Å². The summed E-state index contributed by atoms with van der Waals surface area (Å²) in [6, 6.07) is 28.3. The van der Waals surface area contributed by atoms with Crippen LogP contribution in [0.5, 0.6) is 0 Å². The first-order valence-electron chi connectivity index (χ1n) is 19.7. The molecule has 0 aliphatic rings. The van der Waals surface area contributed by atoms with Crippen LogP contribution in [0.25, 0.3) is 77.2 Å². The van der Waals surface area contributed by atoms with E-state index in [-0.39, 0.29) is 71.1 Å². The second-order valence-corrected chi connectivity index (χ2v) is 10.5. The van der Waals surface area contributed by atoms with Gasteiger partial charge in [0.2, 0.25) is 0 Å². The minimum absolute atomic E-state index is 0.0334. The SMILES string of the molecule is [2H]c1cc([2H])c(-c2c([2H])c([2H])c([2H])c(-c3cccc(-n4c5ccccc5c5cc(-n6c7ccccc7c7c([2H])c([2H])c([2H])c([2H])c76)ccc54)c3)c2[2H])c([2H])c1. The summed E-state index contributed by atoms with van der Waals surface area (Å²) in [6.45, 7) is 0. The first-order chi connectivity index (χ1) is 26.4. The van der Waals surface area contributed by atoms with E-state index < -0.39 is 12.1 Å². The third kappa shape index (κ3) is 3.82. The lowest BCUT2D eigenvalue weighted by Gasteiger charge is -2.12. The second kappa shape index (κ2) is 9.86. The van der Waals surface area contributed by atoms with E-state index in [2.05, 4.69) is 4.57 Å². The van der Waals surface area contributed by atoms with Crippen molar-refractivity contribution in [3.05, 3.63) is 170 Å². The molecule has 0 aliphatic carbocycles. The van der Waals surface area contributed by atoms with Crippen molar-refractivity contribution in [1.29, 1.82) is 0 Å². The lowest BCUT2D eigenvalue weighted by Crippen LogP contribution is -1.96. The molecular weight excluding hydrogens is 532 g/mol. The number of nitrogens with zero attached hydrogens (tertiary/aromatic N) is 2. The molecule has 0 saturated carbocycles. The van der Waals surface area contributed by atoms with Gasteiger partial charge in [0, 0.05) is 32.9 Å². The van der Waals surface area contributed by atoms with Crippen molar-refractivity contribution in [2.24, 2.45) is 0 Å². The Morgan fingerprint density at radius 3 is 1.84 bits per heavy atom. The van der Waals surface area contributed by atoms with Crippen LogP contribution < -0.4 is 0 Å². The quantitative estimate of drug-likeness (QED) is 0.199. The summed E-state index contributed by atoms with van der Waals surface area (Å²) in [5.74, 6) is 0. The van der Waals surface area contributed by atoms with Gasteiger partial charge < -0.3 is 9.13 Å². The molecule has 0 unspecified atom stereocenters. The number of rotatable bonds is 4. The van der Waals surface area contributed by atoms with Crippen molar-refractivity contribution < 1.29 is 15.1 Å². The molecule has 0 aliphatic heterocycles. The normalized spacial score (nSPS) is 15.1. The molecule has 44 heavy (non-hydrogen) atoms. The van der Waals surface area contributed by atoms with Crippen molar-refractivity contribution in [3.63, 3.8) is 0 Å². The van der Waals surface area contributed by atoms with Gasteiger partial charge in [-0.05, 0) is 76.8 Å². The Morgan fingerprint density at radius 1 is 0.364 bits per heavy atom. The molecule has 0 fully saturated rings. The number of hydrogen-bond acceptors (Lipinski definition) is 0. The number of para-hydroxylation sites is 3. The Hall–Kier alpha value is -5.86. The Balaban J connectivity index is 1.27. The van der Waals surface area contributed by atoms with Crippen molar-refractivity contribution in [3.8, 4) is 33.6 Å². The molecule has 0 spiro atoms. The molecule has 0 bridgehead atoms. The van der Waals surface area contributed by atoms with Gasteiger partial charge in [-0.2, -0.15) is 0 Å². The van der Waals surface area contributed by atoms with Crippen molar-refractivity contribution in [2.75, 3.05) is 0 Å². The predicted molar refractivity (Wildman–Crippen MR) is 186 cm³/mol. The molecule has 0 atom stereocenters. The summed E-state index contributed by atoms with van der Waals surface area (Å²) in [6.07, 6.45) is 0. The van der Waals surface area contributed by atoms with Crippen LogP contribution in [-0.4, -0.2) is 9.13 Å². The molecule has 206 valence electrons. The highest BCUT2D eigenvalue weighted by Crippen LogP contribution is 2.37.